The van der Waals surface area contributed by atoms with E-state index in [9.17, 15) is 0 Å². The highest BCUT2D eigenvalue weighted by atomic mass is 79.9. The Kier molecular flexibility index (Phi) is 5.27. The molecule has 13 heavy (non-hydrogen) atoms. The van der Waals surface area contributed by atoms with Crippen molar-refractivity contribution < 1.29 is 0 Å². The molecule has 0 bridgehead atoms. The first kappa shape index (κ1) is 12.0. The molecule has 0 aliphatic carbocycles. The zero-order chi connectivity index (χ0) is 9.73. The molecule has 0 atom stereocenters. The van der Waals surface area contributed by atoms with Crippen LogP contribution in [0.2, 0.25) is 36.3 Å². The second kappa shape index (κ2) is 5.71. The zero-order valence-electron chi connectivity index (χ0n) is 9.11. The minimum absolute atomic E-state index is 0.379. The molecule has 0 aromatic carbocycles. The second-order valence-corrected chi connectivity index (χ2v) is 15.9. The zero-order valence-corrected chi connectivity index (χ0v) is 12.9. The van der Waals surface area contributed by atoms with Gasteiger partial charge in [0.15, 0.2) is 0 Å². The third kappa shape index (κ3) is 3.52. The molecule has 0 spiro atoms. The quantitative estimate of drug-likeness (QED) is 0.529. The van der Waals surface area contributed by atoms with Crippen LogP contribution in [0.5, 0.6) is 0 Å². The van der Waals surface area contributed by atoms with Gasteiger partial charge in [-0.2, -0.15) is 0 Å². The summed E-state index contributed by atoms with van der Waals surface area (Å²) in [6, 6.07) is 9.77. The van der Waals surface area contributed by atoms with Gasteiger partial charge in [0.2, 0.25) is 0 Å². The molecule has 1 saturated heterocycles. The van der Waals surface area contributed by atoms with Gasteiger partial charge in [0.1, 0.15) is 7.42 Å². The highest BCUT2D eigenvalue weighted by molar-refractivity contribution is 9.24. The predicted molar refractivity (Wildman–Crippen MR) is 71.3 cm³/mol. The van der Waals surface area contributed by atoms with E-state index in [2.05, 4.69) is 29.1 Å². The van der Waals surface area contributed by atoms with Crippen molar-refractivity contribution in [3.8, 4) is 0 Å². The van der Waals surface area contributed by atoms with Gasteiger partial charge >= 0.3 is 0 Å². The summed E-state index contributed by atoms with van der Waals surface area (Å²) in [5.41, 5.74) is 0. The van der Waals surface area contributed by atoms with Gasteiger partial charge in [-0.15, -0.1) is 15.3 Å². The minimum Gasteiger partial charge on any atom is -0.131 e. The topological polar surface area (TPSA) is 0 Å². The fourth-order valence-electron chi connectivity index (χ4n) is 2.88. The van der Waals surface area contributed by atoms with Crippen LogP contribution in [0.1, 0.15) is 26.7 Å². The van der Waals surface area contributed by atoms with Crippen LogP contribution in [0.3, 0.4) is 0 Å². The van der Waals surface area contributed by atoms with Crippen molar-refractivity contribution in [2.75, 3.05) is 0 Å². The Hall–Kier alpha value is 0.914. The van der Waals surface area contributed by atoms with Gasteiger partial charge in [-0.05, 0) is 0 Å². The monoisotopic (exact) mass is 278 g/mol. The molecule has 3 heteroatoms. The summed E-state index contributed by atoms with van der Waals surface area (Å²) < 4.78 is 0. The minimum atomic E-state index is -0.720. The molecule has 1 rings (SSSR count). The number of hydrogen-bond donors (Lipinski definition) is 0. The van der Waals surface area contributed by atoms with Crippen LogP contribution < -0.4 is 0 Å². The molecule has 0 radical (unpaired) electrons. The molecule has 78 valence electrons. The maximum atomic E-state index is 3.90. The SMILES string of the molecule is CCC[Si]1(CCC)CC[SiH](Br)CC1. The summed E-state index contributed by atoms with van der Waals surface area (Å²) in [6.45, 7) is 4.75. The van der Waals surface area contributed by atoms with Crippen molar-refractivity contribution in [1.29, 1.82) is 0 Å². The summed E-state index contributed by atoms with van der Waals surface area (Å²) in [4.78, 5) is 0. The van der Waals surface area contributed by atoms with Crippen molar-refractivity contribution in [3.05, 3.63) is 0 Å². The van der Waals surface area contributed by atoms with E-state index < -0.39 is 8.07 Å². The predicted octanol–water partition coefficient (Wildman–Crippen LogP) is 4.39. The first-order valence-electron chi connectivity index (χ1n) is 5.86. The standard InChI is InChI=1S/C10H23BrSi2/c1-3-7-13(8-4-2)9-5-12(11)6-10-13/h12H,3-10H2,1-2H3. The third-order valence-electron chi connectivity index (χ3n) is 3.54. The molecule has 0 unspecified atom stereocenters. The summed E-state index contributed by atoms with van der Waals surface area (Å²) in [5, 5.41) is 0. The van der Waals surface area contributed by atoms with E-state index in [-0.39, 0.29) is 7.42 Å². The normalized spacial score (nSPS) is 23.3. The lowest BCUT2D eigenvalue weighted by atomic mass is 10.6. The Bertz CT molecular complexity index is 134. The van der Waals surface area contributed by atoms with Crippen LogP contribution in [0, 0.1) is 0 Å². The van der Waals surface area contributed by atoms with Crippen molar-refractivity contribution in [3.63, 3.8) is 0 Å². The highest BCUT2D eigenvalue weighted by Gasteiger charge is 2.35. The summed E-state index contributed by atoms with van der Waals surface area (Å²) in [7, 11) is -1.10. The lowest BCUT2D eigenvalue weighted by Gasteiger charge is -2.36. The molecule has 0 saturated carbocycles. The Labute approximate surface area is 93.7 Å². The van der Waals surface area contributed by atoms with E-state index in [1.165, 1.54) is 12.8 Å². The molecule has 0 aromatic rings. The second-order valence-electron chi connectivity index (χ2n) is 4.67. The van der Waals surface area contributed by atoms with Gasteiger partial charge in [-0.1, -0.05) is 63.0 Å². The fourth-order valence-corrected chi connectivity index (χ4v) is 18.3. The number of hydrogen-bond acceptors (Lipinski definition) is 0. The van der Waals surface area contributed by atoms with Crippen LogP contribution in [-0.4, -0.2) is 15.5 Å². The average molecular weight is 279 g/mol. The average Bonchev–Trinajstić information content (AvgIpc) is 2.11. The maximum Gasteiger partial charge on any atom is 0.114 e. The first-order chi connectivity index (χ1) is 6.22. The summed E-state index contributed by atoms with van der Waals surface area (Å²) >= 11 is 3.90. The smallest absolute Gasteiger partial charge is 0.114 e. The van der Waals surface area contributed by atoms with E-state index >= 15 is 0 Å². The highest BCUT2D eigenvalue weighted by Crippen LogP contribution is 2.38. The van der Waals surface area contributed by atoms with Gasteiger partial charge in [-0.25, -0.2) is 0 Å². The molecule has 1 heterocycles. The van der Waals surface area contributed by atoms with Crippen LogP contribution in [-0.2, 0) is 0 Å². The maximum absolute atomic E-state index is 3.90. The Morgan fingerprint density at radius 3 is 1.92 bits per heavy atom. The van der Waals surface area contributed by atoms with E-state index in [0.717, 1.165) is 0 Å². The van der Waals surface area contributed by atoms with E-state index in [1.54, 1.807) is 36.3 Å². The summed E-state index contributed by atoms with van der Waals surface area (Å²) in [5.74, 6) is 0. The molecule has 0 aromatic heterocycles. The van der Waals surface area contributed by atoms with Crippen LogP contribution in [0.4, 0.5) is 0 Å². The van der Waals surface area contributed by atoms with Gasteiger partial charge < -0.3 is 0 Å². The van der Waals surface area contributed by atoms with Crippen molar-refractivity contribution in [2.45, 2.75) is 63.0 Å². The van der Waals surface area contributed by atoms with Gasteiger partial charge in [0, 0.05) is 0 Å². The van der Waals surface area contributed by atoms with E-state index in [4.69, 9.17) is 0 Å². The molecular weight excluding hydrogens is 256 g/mol. The largest absolute Gasteiger partial charge is 0.131 e. The lowest BCUT2D eigenvalue weighted by molar-refractivity contribution is 0.930. The number of halogens is 1. The van der Waals surface area contributed by atoms with Crippen LogP contribution in [0.25, 0.3) is 0 Å². The van der Waals surface area contributed by atoms with Crippen LogP contribution >= 0.6 is 15.3 Å². The van der Waals surface area contributed by atoms with Crippen molar-refractivity contribution in [1.82, 2.24) is 0 Å². The van der Waals surface area contributed by atoms with Gasteiger partial charge in [-0.3, -0.25) is 0 Å². The number of rotatable bonds is 4. The molecule has 0 amide bonds. The summed E-state index contributed by atoms with van der Waals surface area (Å²) in [6.07, 6.45) is 2.89. The Balaban J connectivity index is 2.47. The molecule has 0 nitrogen and oxygen atoms in total. The lowest BCUT2D eigenvalue weighted by Crippen LogP contribution is -2.38. The Morgan fingerprint density at radius 1 is 1.08 bits per heavy atom. The third-order valence-corrected chi connectivity index (χ3v) is 15.1. The van der Waals surface area contributed by atoms with Gasteiger partial charge in [0.05, 0.1) is 8.07 Å². The van der Waals surface area contributed by atoms with Gasteiger partial charge in [0.25, 0.3) is 0 Å². The molecule has 1 aliphatic rings. The van der Waals surface area contributed by atoms with Crippen molar-refractivity contribution in [2.24, 2.45) is 0 Å². The van der Waals surface area contributed by atoms with E-state index in [1.807, 2.05) is 0 Å². The molecular formula is C10H23BrSi2. The molecule has 1 aliphatic heterocycles. The molecule has 0 N–H and O–H groups in total. The Morgan fingerprint density at radius 2 is 1.54 bits per heavy atom. The fraction of sp³-hybridized carbons (Fsp3) is 1.00. The molecule has 1 fully saturated rings. The van der Waals surface area contributed by atoms with E-state index in [0.29, 0.717) is 0 Å². The first-order valence-corrected chi connectivity index (χ1v) is 13.5. The van der Waals surface area contributed by atoms with Crippen LogP contribution in [0.15, 0.2) is 0 Å². The van der Waals surface area contributed by atoms with Crippen molar-refractivity contribution >= 4 is 30.8 Å².